The smallest absolute Gasteiger partial charge is 0.251 e. The average molecular weight is 303 g/mol. The van der Waals surface area contributed by atoms with Crippen molar-refractivity contribution < 1.29 is 14.4 Å². The molecular weight excluding hydrogens is 282 g/mol. The number of hydrogen-bond donors (Lipinski definition) is 3. The van der Waals surface area contributed by atoms with E-state index >= 15 is 0 Å². The van der Waals surface area contributed by atoms with Crippen molar-refractivity contribution in [2.45, 2.75) is 32.6 Å². The minimum Gasteiger partial charge on any atom is -0.356 e. The molecule has 3 amide bonds. The standard InChI is InChI=1S/C16H21N3O3/c1-2-8-17-14(20)7-9-18-16(22)12-3-5-13-11(10-12)4-6-15(21)19-13/h3,5,10H,2,4,6-9H2,1H3,(H,17,20)(H,18,22)(H,19,21). The first kappa shape index (κ1) is 16.0. The second kappa shape index (κ2) is 7.59. The molecule has 0 atom stereocenters. The Morgan fingerprint density at radius 1 is 1.18 bits per heavy atom. The van der Waals surface area contributed by atoms with Crippen molar-refractivity contribution in [3.63, 3.8) is 0 Å². The highest BCUT2D eigenvalue weighted by Gasteiger charge is 2.16. The third-order valence-corrected chi connectivity index (χ3v) is 3.47. The molecule has 0 radical (unpaired) electrons. The summed E-state index contributed by atoms with van der Waals surface area (Å²) in [6.45, 7) is 2.95. The first-order valence-corrected chi connectivity index (χ1v) is 7.58. The average Bonchev–Trinajstić information content (AvgIpc) is 2.52. The lowest BCUT2D eigenvalue weighted by molar-refractivity contribution is -0.121. The first-order chi connectivity index (χ1) is 10.6. The third-order valence-electron chi connectivity index (χ3n) is 3.47. The number of aryl methyl sites for hydroxylation is 1. The van der Waals surface area contributed by atoms with Crippen molar-refractivity contribution in [3.8, 4) is 0 Å². The molecule has 0 aliphatic carbocycles. The van der Waals surface area contributed by atoms with E-state index in [2.05, 4.69) is 16.0 Å². The molecule has 118 valence electrons. The van der Waals surface area contributed by atoms with E-state index < -0.39 is 0 Å². The van der Waals surface area contributed by atoms with Crippen LogP contribution in [0.2, 0.25) is 0 Å². The molecule has 0 aromatic heterocycles. The zero-order valence-electron chi connectivity index (χ0n) is 12.7. The van der Waals surface area contributed by atoms with Gasteiger partial charge in [0, 0.05) is 37.2 Å². The Bertz CT molecular complexity index is 584. The van der Waals surface area contributed by atoms with Crippen LogP contribution >= 0.6 is 0 Å². The number of rotatable bonds is 6. The second-order valence-electron chi connectivity index (χ2n) is 5.28. The normalized spacial score (nSPS) is 13.0. The maximum atomic E-state index is 12.1. The Balaban J connectivity index is 1.85. The lowest BCUT2D eigenvalue weighted by Gasteiger charge is -2.17. The van der Waals surface area contributed by atoms with Gasteiger partial charge in [-0.05, 0) is 36.6 Å². The summed E-state index contributed by atoms with van der Waals surface area (Å²) >= 11 is 0. The minimum absolute atomic E-state index is 0.00259. The number of anilines is 1. The van der Waals surface area contributed by atoms with Gasteiger partial charge in [-0.15, -0.1) is 0 Å². The fraction of sp³-hybridized carbons (Fsp3) is 0.438. The van der Waals surface area contributed by atoms with Crippen LogP contribution in [0, 0.1) is 0 Å². The van der Waals surface area contributed by atoms with Gasteiger partial charge in [-0.3, -0.25) is 14.4 Å². The SMILES string of the molecule is CCCNC(=O)CCNC(=O)c1ccc2c(c1)CCC(=O)N2. The molecule has 6 heteroatoms. The van der Waals surface area contributed by atoms with E-state index in [4.69, 9.17) is 0 Å². The van der Waals surface area contributed by atoms with Crippen LogP contribution < -0.4 is 16.0 Å². The molecule has 0 fully saturated rings. The van der Waals surface area contributed by atoms with Gasteiger partial charge in [-0.2, -0.15) is 0 Å². The summed E-state index contributed by atoms with van der Waals surface area (Å²) in [5.74, 6) is -0.263. The van der Waals surface area contributed by atoms with Crippen LogP contribution in [0.3, 0.4) is 0 Å². The van der Waals surface area contributed by atoms with Crippen LogP contribution in [0.15, 0.2) is 18.2 Å². The molecule has 0 unspecified atom stereocenters. The van der Waals surface area contributed by atoms with Gasteiger partial charge >= 0.3 is 0 Å². The molecule has 1 aromatic rings. The van der Waals surface area contributed by atoms with Crippen molar-refractivity contribution in [2.75, 3.05) is 18.4 Å². The van der Waals surface area contributed by atoms with Gasteiger partial charge < -0.3 is 16.0 Å². The molecule has 0 saturated carbocycles. The van der Waals surface area contributed by atoms with E-state index in [-0.39, 0.29) is 24.1 Å². The van der Waals surface area contributed by atoms with Crippen LogP contribution in [-0.2, 0) is 16.0 Å². The Hall–Kier alpha value is -2.37. The van der Waals surface area contributed by atoms with Gasteiger partial charge in [0.05, 0.1) is 0 Å². The van der Waals surface area contributed by atoms with Gasteiger partial charge in [-0.1, -0.05) is 6.92 Å². The summed E-state index contributed by atoms with van der Waals surface area (Å²) in [6.07, 6.45) is 2.24. The molecule has 1 aromatic carbocycles. The largest absolute Gasteiger partial charge is 0.356 e. The third kappa shape index (κ3) is 4.31. The van der Waals surface area contributed by atoms with Gasteiger partial charge in [0.15, 0.2) is 0 Å². The van der Waals surface area contributed by atoms with Crippen molar-refractivity contribution in [3.05, 3.63) is 29.3 Å². The van der Waals surface area contributed by atoms with Crippen molar-refractivity contribution >= 4 is 23.4 Å². The number of amides is 3. The number of fused-ring (bicyclic) bond motifs is 1. The molecular formula is C16H21N3O3. The Labute approximate surface area is 129 Å². The number of carbonyl (C=O) groups is 3. The summed E-state index contributed by atoms with van der Waals surface area (Å²) in [7, 11) is 0. The Morgan fingerprint density at radius 3 is 2.77 bits per heavy atom. The molecule has 1 aliphatic heterocycles. The predicted octanol–water partition coefficient (Wildman–Crippen LogP) is 1.22. The number of benzene rings is 1. The molecule has 6 nitrogen and oxygen atoms in total. The summed E-state index contributed by atoms with van der Waals surface area (Å²) in [4.78, 5) is 34.8. The van der Waals surface area contributed by atoms with Crippen LogP contribution in [0.5, 0.6) is 0 Å². The minimum atomic E-state index is -0.206. The molecule has 0 bridgehead atoms. The van der Waals surface area contributed by atoms with Crippen LogP contribution in [0.25, 0.3) is 0 Å². The molecule has 0 saturated heterocycles. The lowest BCUT2D eigenvalue weighted by atomic mass is 10.00. The number of carbonyl (C=O) groups excluding carboxylic acids is 3. The number of nitrogens with one attached hydrogen (secondary N) is 3. The van der Waals surface area contributed by atoms with Crippen molar-refractivity contribution in [1.29, 1.82) is 0 Å². The van der Waals surface area contributed by atoms with E-state index in [0.717, 1.165) is 17.7 Å². The van der Waals surface area contributed by atoms with Crippen LogP contribution in [0.1, 0.15) is 42.1 Å². The number of hydrogen-bond acceptors (Lipinski definition) is 3. The zero-order valence-corrected chi connectivity index (χ0v) is 12.7. The maximum Gasteiger partial charge on any atom is 0.251 e. The molecule has 1 heterocycles. The van der Waals surface area contributed by atoms with Gasteiger partial charge in [0.25, 0.3) is 5.91 Å². The molecule has 3 N–H and O–H groups in total. The molecule has 2 rings (SSSR count). The van der Waals surface area contributed by atoms with Gasteiger partial charge in [0.2, 0.25) is 11.8 Å². The lowest BCUT2D eigenvalue weighted by Crippen LogP contribution is -2.31. The van der Waals surface area contributed by atoms with E-state index in [1.54, 1.807) is 18.2 Å². The molecule has 1 aliphatic rings. The summed E-state index contributed by atoms with van der Waals surface area (Å²) in [5, 5.41) is 8.28. The van der Waals surface area contributed by atoms with E-state index in [9.17, 15) is 14.4 Å². The van der Waals surface area contributed by atoms with Crippen LogP contribution in [-0.4, -0.2) is 30.8 Å². The fourth-order valence-corrected chi connectivity index (χ4v) is 2.27. The summed E-state index contributed by atoms with van der Waals surface area (Å²) in [6, 6.07) is 5.22. The summed E-state index contributed by atoms with van der Waals surface area (Å²) in [5.41, 5.74) is 2.28. The van der Waals surface area contributed by atoms with E-state index in [1.807, 2.05) is 6.92 Å². The monoisotopic (exact) mass is 303 g/mol. The Morgan fingerprint density at radius 2 is 2.00 bits per heavy atom. The van der Waals surface area contributed by atoms with Crippen molar-refractivity contribution in [2.24, 2.45) is 0 Å². The molecule has 22 heavy (non-hydrogen) atoms. The Kier molecular flexibility index (Phi) is 5.52. The maximum absolute atomic E-state index is 12.1. The highest BCUT2D eigenvalue weighted by Crippen LogP contribution is 2.23. The summed E-state index contributed by atoms with van der Waals surface area (Å²) < 4.78 is 0. The predicted molar refractivity (Wildman–Crippen MR) is 83.6 cm³/mol. The highest BCUT2D eigenvalue weighted by atomic mass is 16.2. The van der Waals surface area contributed by atoms with E-state index in [0.29, 0.717) is 31.5 Å². The zero-order chi connectivity index (χ0) is 15.9. The highest BCUT2D eigenvalue weighted by molar-refractivity contribution is 5.98. The quantitative estimate of drug-likeness (QED) is 0.738. The fourth-order valence-electron chi connectivity index (χ4n) is 2.27. The first-order valence-electron chi connectivity index (χ1n) is 7.58. The molecule has 0 spiro atoms. The van der Waals surface area contributed by atoms with E-state index in [1.165, 1.54) is 0 Å². The second-order valence-corrected chi connectivity index (χ2v) is 5.28. The van der Waals surface area contributed by atoms with Gasteiger partial charge in [0.1, 0.15) is 0 Å². The van der Waals surface area contributed by atoms with Crippen molar-refractivity contribution in [1.82, 2.24) is 10.6 Å². The topological polar surface area (TPSA) is 87.3 Å². The van der Waals surface area contributed by atoms with Crippen LogP contribution in [0.4, 0.5) is 5.69 Å². The van der Waals surface area contributed by atoms with Gasteiger partial charge in [-0.25, -0.2) is 0 Å².